The van der Waals surface area contributed by atoms with Crippen LogP contribution >= 0.6 is 0 Å². The van der Waals surface area contributed by atoms with Crippen molar-refractivity contribution in [2.24, 2.45) is 14.1 Å². The molecular weight excluding hydrogens is 244 g/mol. The highest BCUT2D eigenvalue weighted by atomic mass is 16.2. The lowest BCUT2D eigenvalue weighted by Crippen LogP contribution is -2.40. The molecule has 0 amide bonds. The van der Waals surface area contributed by atoms with Gasteiger partial charge in [0.25, 0.3) is 5.56 Å². The fourth-order valence-corrected chi connectivity index (χ4v) is 2.29. The van der Waals surface area contributed by atoms with Crippen molar-refractivity contribution in [2.75, 3.05) is 10.6 Å². The summed E-state index contributed by atoms with van der Waals surface area (Å²) >= 11 is 0. The Kier molecular flexibility index (Phi) is 2.45. The van der Waals surface area contributed by atoms with Gasteiger partial charge in [-0.15, -0.1) is 0 Å². The Morgan fingerprint density at radius 1 is 1.05 bits per heavy atom. The Labute approximate surface area is 109 Å². The molecule has 6 nitrogen and oxygen atoms in total. The smallest absolute Gasteiger partial charge is 0.332 e. The van der Waals surface area contributed by atoms with Crippen LogP contribution in [0.3, 0.4) is 0 Å². The molecule has 0 atom stereocenters. The van der Waals surface area contributed by atoms with E-state index in [9.17, 15) is 9.59 Å². The quantitative estimate of drug-likeness (QED) is 0.732. The van der Waals surface area contributed by atoms with Crippen molar-refractivity contribution in [1.82, 2.24) is 9.13 Å². The van der Waals surface area contributed by atoms with Crippen molar-refractivity contribution >= 4 is 17.2 Å². The summed E-state index contributed by atoms with van der Waals surface area (Å²) in [5.74, 6) is 0.547. The summed E-state index contributed by atoms with van der Waals surface area (Å²) in [5, 5.41) is 6.37. The summed E-state index contributed by atoms with van der Waals surface area (Å²) in [6, 6.07) is 7.65. The van der Waals surface area contributed by atoms with E-state index in [1.165, 1.54) is 11.6 Å². The minimum atomic E-state index is -0.337. The third-order valence-corrected chi connectivity index (χ3v) is 3.39. The van der Waals surface area contributed by atoms with Crippen LogP contribution in [0, 0.1) is 0 Å². The maximum Gasteiger partial charge on any atom is 0.332 e. The van der Waals surface area contributed by atoms with Gasteiger partial charge in [-0.25, -0.2) is 4.79 Å². The van der Waals surface area contributed by atoms with Gasteiger partial charge in [-0.2, -0.15) is 0 Å². The molecule has 0 bridgehead atoms. The number of anilines is 3. The first-order chi connectivity index (χ1) is 9.09. The molecule has 0 aliphatic carbocycles. The molecule has 3 rings (SSSR count). The zero-order valence-electron chi connectivity index (χ0n) is 10.7. The van der Waals surface area contributed by atoms with Crippen LogP contribution in [0.25, 0.3) is 0 Å². The summed E-state index contributed by atoms with van der Waals surface area (Å²) < 4.78 is 2.58. The van der Waals surface area contributed by atoms with Crippen LogP contribution in [-0.2, 0) is 20.6 Å². The first-order valence-electron chi connectivity index (χ1n) is 5.98. The van der Waals surface area contributed by atoms with E-state index in [0.29, 0.717) is 17.9 Å². The lowest BCUT2D eigenvalue weighted by molar-refractivity contribution is 0.680. The highest BCUT2D eigenvalue weighted by molar-refractivity contribution is 5.76. The summed E-state index contributed by atoms with van der Waals surface area (Å²) in [4.78, 5) is 24.1. The zero-order chi connectivity index (χ0) is 13.6. The number of aromatic nitrogens is 2. The topological polar surface area (TPSA) is 68.1 Å². The summed E-state index contributed by atoms with van der Waals surface area (Å²) in [7, 11) is 3.14. The molecule has 1 aromatic heterocycles. The highest BCUT2D eigenvalue weighted by Crippen LogP contribution is 2.29. The Balaban J connectivity index is 2.29. The average molecular weight is 258 g/mol. The van der Waals surface area contributed by atoms with Crippen LogP contribution in [0.1, 0.15) is 5.56 Å². The third-order valence-electron chi connectivity index (χ3n) is 3.39. The number of benzene rings is 1. The predicted octanol–water partition coefficient (Wildman–Crippen LogP) is 0.753. The summed E-state index contributed by atoms with van der Waals surface area (Å²) in [6.07, 6.45) is 0. The molecule has 0 fully saturated rings. The fourth-order valence-electron chi connectivity index (χ4n) is 2.29. The third kappa shape index (κ3) is 1.64. The standard InChI is InChI=1S/C13H14N4O2/c1-16-11-8(12(18)17(2)13(16)19)7-14-9-5-3-4-6-10(9)15-11/h3-6,14-15H,7H2,1-2H3. The number of hydrogen-bond donors (Lipinski definition) is 2. The molecule has 0 saturated carbocycles. The van der Waals surface area contributed by atoms with Gasteiger partial charge in [0.1, 0.15) is 5.82 Å². The number of fused-ring (bicyclic) bond motifs is 2. The van der Waals surface area contributed by atoms with Crippen molar-refractivity contribution < 1.29 is 0 Å². The van der Waals surface area contributed by atoms with E-state index in [1.807, 2.05) is 24.3 Å². The van der Waals surface area contributed by atoms with Crippen LogP contribution in [-0.4, -0.2) is 9.13 Å². The lowest BCUT2D eigenvalue weighted by atomic mass is 10.2. The second kappa shape index (κ2) is 4.01. The minimum absolute atomic E-state index is 0.272. The summed E-state index contributed by atoms with van der Waals surface area (Å²) in [6.45, 7) is 0.389. The van der Waals surface area contributed by atoms with Crippen molar-refractivity contribution in [3.8, 4) is 0 Å². The Hall–Kier alpha value is -2.50. The Bertz CT molecular complexity index is 773. The van der Waals surface area contributed by atoms with Gasteiger partial charge >= 0.3 is 5.69 Å². The largest absolute Gasteiger partial charge is 0.379 e. The Morgan fingerprint density at radius 3 is 2.47 bits per heavy atom. The van der Waals surface area contributed by atoms with E-state index in [0.717, 1.165) is 15.9 Å². The zero-order valence-corrected chi connectivity index (χ0v) is 10.7. The molecule has 98 valence electrons. The molecule has 2 N–H and O–H groups in total. The first kappa shape index (κ1) is 11.6. The number of nitrogens with one attached hydrogen (secondary N) is 2. The molecule has 0 spiro atoms. The van der Waals surface area contributed by atoms with E-state index >= 15 is 0 Å². The molecule has 0 radical (unpaired) electrons. The fraction of sp³-hybridized carbons (Fsp3) is 0.231. The van der Waals surface area contributed by atoms with E-state index in [-0.39, 0.29) is 11.2 Å². The van der Waals surface area contributed by atoms with Crippen LogP contribution in [0.2, 0.25) is 0 Å². The van der Waals surface area contributed by atoms with E-state index in [2.05, 4.69) is 10.6 Å². The molecule has 1 aliphatic rings. The first-order valence-corrected chi connectivity index (χ1v) is 5.98. The second-order valence-corrected chi connectivity index (χ2v) is 4.56. The summed E-state index contributed by atoms with van der Waals surface area (Å²) in [5.41, 5.74) is 1.71. The van der Waals surface area contributed by atoms with Crippen molar-refractivity contribution in [3.63, 3.8) is 0 Å². The van der Waals surface area contributed by atoms with Gasteiger partial charge in [0.2, 0.25) is 0 Å². The molecule has 1 aromatic carbocycles. The molecule has 2 heterocycles. The van der Waals surface area contributed by atoms with Gasteiger partial charge in [0, 0.05) is 20.6 Å². The molecular formula is C13H14N4O2. The van der Waals surface area contributed by atoms with Crippen molar-refractivity contribution in [2.45, 2.75) is 6.54 Å². The number of hydrogen-bond acceptors (Lipinski definition) is 4. The SMILES string of the molecule is Cn1c2c(c(=O)n(C)c1=O)CNc1ccccc1N2. The highest BCUT2D eigenvalue weighted by Gasteiger charge is 2.19. The molecule has 19 heavy (non-hydrogen) atoms. The van der Waals surface area contributed by atoms with Crippen molar-refractivity contribution in [1.29, 1.82) is 0 Å². The predicted molar refractivity (Wildman–Crippen MR) is 74.0 cm³/mol. The number of rotatable bonds is 0. The Morgan fingerprint density at radius 2 is 1.74 bits per heavy atom. The van der Waals surface area contributed by atoms with Crippen LogP contribution < -0.4 is 21.9 Å². The molecule has 0 saturated heterocycles. The van der Waals surface area contributed by atoms with Gasteiger partial charge in [-0.3, -0.25) is 13.9 Å². The molecule has 2 aromatic rings. The van der Waals surface area contributed by atoms with Gasteiger partial charge in [-0.1, -0.05) is 12.1 Å². The lowest BCUT2D eigenvalue weighted by Gasteiger charge is -2.13. The number of nitrogens with zero attached hydrogens (tertiary/aromatic N) is 2. The van der Waals surface area contributed by atoms with Crippen LogP contribution in [0.4, 0.5) is 17.2 Å². The van der Waals surface area contributed by atoms with Crippen LogP contribution in [0.5, 0.6) is 0 Å². The van der Waals surface area contributed by atoms with Gasteiger partial charge in [-0.05, 0) is 12.1 Å². The van der Waals surface area contributed by atoms with Crippen molar-refractivity contribution in [3.05, 3.63) is 50.7 Å². The van der Waals surface area contributed by atoms with Gasteiger partial charge in [0.15, 0.2) is 0 Å². The average Bonchev–Trinajstić information content (AvgIpc) is 2.62. The maximum atomic E-state index is 12.2. The maximum absolute atomic E-state index is 12.2. The normalized spacial score (nSPS) is 12.7. The molecule has 1 aliphatic heterocycles. The van der Waals surface area contributed by atoms with Gasteiger partial charge in [0.05, 0.1) is 16.9 Å². The van der Waals surface area contributed by atoms with E-state index < -0.39 is 0 Å². The minimum Gasteiger partial charge on any atom is -0.379 e. The number of para-hydroxylation sites is 2. The molecule has 0 unspecified atom stereocenters. The van der Waals surface area contributed by atoms with Gasteiger partial charge < -0.3 is 10.6 Å². The van der Waals surface area contributed by atoms with E-state index in [1.54, 1.807) is 7.05 Å². The second-order valence-electron chi connectivity index (χ2n) is 4.56. The van der Waals surface area contributed by atoms with E-state index in [4.69, 9.17) is 0 Å². The molecule has 6 heteroatoms. The van der Waals surface area contributed by atoms with Crippen LogP contribution in [0.15, 0.2) is 33.9 Å². The monoisotopic (exact) mass is 258 g/mol.